The van der Waals surface area contributed by atoms with Gasteiger partial charge < -0.3 is 14.7 Å². The number of benzene rings is 1. The summed E-state index contributed by atoms with van der Waals surface area (Å²) in [5.74, 6) is 0.229. The molecule has 1 aromatic rings. The standard InChI is InChI=1S/C18H31O6P/c1-2-3-4-5-6-7-8-9-16-10-12-18(13-11-16)24-25(21,22)23-15-17(20)14-19/h10-13,17,19-20H,2-9,14-15H2,1H3,(H,21,22). The molecule has 2 unspecified atom stereocenters. The quantitative estimate of drug-likeness (QED) is 0.338. The molecule has 0 aliphatic rings. The summed E-state index contributed by atoms with van der Waals surface area (Å²) in [6.45, 7) is 1.20. The Labute approximate surface area is 150 Å². The zero-order chi connectivity index (χ0) is 18.5. The first-order valence-electron chi connectivity index (χ1n) is 9.01. The van der Waals surface area contributed by atoms with E-state index in [1.165, 1.54) is 38.5 Å². The third-order valence-electron chi connectivity index (χ3n) is 3.85. The zero-order valence-corrected chi connectivity index (χ0v) is 15.9. The fraction of sp³-hybridized carbons (Fsp3) is 0.667. The molecule has 7 heteroatoms. The molecule has 2 atom stereocenters. The lowest BCUT2D eigenvalue weighted by atomic mass is 10.0. The fourth-order valence-corrected chi connectivity index (χ4v) is 3.20. The average Bonchev–Trinajstić information content (AvgIpc) is 2.60. The van der Waals surface area contributed by atoms with Crippen molar-refractivity contribution in [2.24, 2.45) is 0 Å². The number of phosphoric acid groups is 1. The summed E-state index contributed by atoms with van der Waals surface area (Å²) in [7, 11) is -4.31. The monoisotopic (exact) mass is 374 g/mol. The zero-order valence-electron chi connectivity index (χ0n) is 15.0. The van der Waals surface area contributed by atoms with Crippen LogP contribution in [0.4, 0.5) is 0 Å². The van der Waals surface area contributed by atoms with E-state index in [1.54, 1.807) is 12.1 Å². The smallest absolute Gasteiger partial charge is 0.404 e. The summed E-state index contributed by atoms with van der Waals surface area (Å²) >= 11 is 0. The Morgan fingerprint density at radius 2 is 1.64 bits per heavy atom. The highest BCUT2D eigenvalue weighted by atomic mass is 31.2. The lowest BCUT2D eigenvalue weighted by Gasteiger charge is -2.15. The second-order valence-electron chi connectivity index (χ2n) is 6.21. The van der Waals surface area contributed by atoms with E-state index >= 15 is 0 Å². The van der Waals surface area contributed by atoms with E-state index in [0.717, 1.165) is 18.4 Å². The predicted molar refractivity (Wildman–Crippen MR) is 97.6 cm³/mol. The van der Waals surface area contributed by atoms with Crippen molar-refractivity contribution in [2.75, 3.05) is 13.2 Å². The van der Waals surface area contributed by atoms with E-state index in [2.05, 4.69) is 11.4 Å². The summed E-state index contributed by atoms with van der Waals surface area (Å²) in [6, 6.07) is 7.00. The van der Waals surface area contributed by atoms with Gasteiger partial charge in [-0.25, -0.2) is 4.57 Å². The van der Waals surface area contributed by atoms with E-state index < -0.39 is 27.1 Å². The van der Waals surface area contributed by atoms with Crippen LogP contribution in [0.5, 0.6) is 5.75 Å². The van der Waals surface area contributed by atoms with Crippen molar-refractivity contribution < 1.29 is 28.7 Å². The van der Waals surface area contributed by atoms with Crippen molar-refractivity contribution in [3.63, 3.8) is 0 Å². The number of aliphatic hydroxyl groups excluding tert-OH is 2. The molecule has 0 aromatic heterocycles. The average molecular weight is 374 g/mol. The molecule has 0 saturated heterocycles. The van der Waals surface area contributed by atoms with Crippen molar-refractivity contribution >= 4 is 7.82 Å². The second-order valence-corrected chi connectivity index (χ2v) is 7.59. The van der Waals surface area contributed by atoms with Crippen molar-refractivity contribution in [3.05, 3.63) is 29.8 Å². The number of aryl methyl sites for hydroxylation is 1. The maximum Gasteiger partial charge on any atom is 0.527 e. The normalized spacial score (nSPS) is 14.9. The minimum Gasteiger partial charge on any atom is -0.404 e. The van der Waals surface area contributed by atoms with Gasteiger partial charge in [0, 0.05) is 0 Å². The molecule has 0 amide bonds. The Morgan fingerprint density at radius 1 is 1.04 bits per heavy atom. The van der Waals surface area contributed by atoms with Gasteiger partial charge in [0.15, 0.2) is 0 Å². The number of hydrogen-bond donors (Lipinski definition) is 3. The Bertz CT molecular complexity index is 505. The van der Waals surface area contributed by atoms with Gasteiger partial charge in [0.1, 0.15) is 11.9 Å². The van der Waals surface area contributed by atoms with Crippen LogP contribution in [0.3, 0.4) is 0 Å². The van der Waals surface area contributed by atoms with Crippen molar-refractivity contribution in [1.29, 1.82) is 0 Å². The number of aliphatic hydroxyl groups is 2. The van der Waals surface area contributed by atoms with E-state index in [-0.39, 0.29) is 5.75 Å². The molecule has 1 rings (SSSR count). The van der Waals surface area contributed by atoms with Crippen LogP contribution in [0.1, 0.15) is 57.4 Å². The highest BCUT2D eigenvalue weighted by Gasteiger charge is 2.24. The van der Waals surface area contributed by atoms with Gasteiger partial charge >= 0.3 is 7.82 Å². The number of hydrogen-bond acceptors (Lipinski definition) is 5. The van der Waals surface area contributed by atoms with Crippen LogP contribution in [-0.4, -0.2) is 34.4 Å². The lowest BCUT2D eigenvalue weighted by molar-refractivity contribution is 0.0430. The summed E-state index contributed by atoms with van der Waals surface area (Å²) in [6.07, 6.45) is 8.59. The summed E-state index contributed by atoms with van der Waals surface area (Å²) in [5, 5.41) is 17.8. The SMILES string of the molecule is CCCCCCCCCc1ccc(OP(=O)(O)OCC(O)CO)cc1. The molecule has 0 saturated carbocycles. The summed E-state index contributed by atoms with van der Waals surface area (Å²) < 4.78 is 21.3. The van der Waals surface area contributed by atoms with Crippen LogP contribution in [0.25, 0.3) is 0 Å². The first kappa shape index (κ1) is 22.1. The molecule has 0 bridgehead atoms. The van der Waals surface area contributed by atoms with E-state index in [1.807, 2.05) is 12.1 Å². The summed E-state index contributed by atoms with van der Waals surface area (Å²) in [5.41, 5.74) is 1.16. The van der Waals surface area contributed by atoms with Gasteiger partial charge in [-0.05, 0) is 30.5 Å². The molecule has 6 nitrogen and oxygen atoms in total. The Kier molecular flexibility index (Phi) is 11.0. The third-order valence-corrected chi connectivity index (χ3v) is 4.77. The lowest BCUT2D eigenvalue weighted by Crippen LogP contribution is -2.19. The van der Waals surface area contributed by atoms with Crippen LogP contribution in [-0.2, 0) is 15.5 Å². The van der Waals surface area contributed by atoms with Gasteiger partial charge in [-0.2, -0.15) is 0 Å². The first-order valence-corrected chi connectivity index (χ1v) is 10.5. The molecule has 1 aromatic carbocycles. The molecule has 0 heterocycles. The minimum atomic E-state index is -4.31. The molecule has 0 fully saturated rings. The van der Waals surface area contributed by atoms with Crippen LogP contribution < -0.4 is 4.52 Å². The molecular weight excluding hydrogens is 343 g/mol. The van der Waals surface area contributed by atoms with E-state index in [9.17, 15) is 9.46 Å². The number of phosphoric ester groups is 1. The highest BCUT2D eigenvalue weighted by molar-refractivity contribution is 7.47. The molecule has 25 heavy (non-hydrogen) atoms. The molecular formula is C18H31O6P. The largest absolute Gasteiger partial charge is 0.527 e. The Hall–Kier alpha value is -0.910. The second kappa shape index (κ2) is 12.4. The molecule has 0 spiro atoms. The van der Waals surface area contributed by atoms with Crippen LogP contribution in [0.2, 0.25) is 0 Å². The van der Waals surface area contributed by atoms with Crippen molar-refractivity contribution in [1.82, 2.24) is 0 Å². The topological polar surface area (TPSA) is 96.2 Å². The predicted octanol–water partition coefficient (Wildman–Crippen LogP) is 3.83. The fourth-order valence-electron chi connectivity index (χ4n) is 2.40. The maximum absolute atomic E-state index is 11.7. The Morgan fingerprint density at radius 3 is 2.24 bits per heavy atom. The van der Waals surface area contributed by atoms with Gasteiger partial charge in [-0.15, -0.1) is 0 Å². The molecule has 144 valence electrons. The van der Waals surface area contributed by atoms with Gasteiger partial charge in [0.2, 0.25) is 0 Å². The molecule has 3 N–H and O–H groups in total. The summed E-state index contributed by atoms with van der Waals surface area (Å²) in [4.78, 5) is 9.56. The van der Waals surface area contributed by atoms with E-state index in [0.29, 0.717) is 0 Å². The minimum absolute atomic E-state index is 0.229. The van der Waals surface area contributed by atoms with Crippen molar-refractivity contribution in [3.8, 4) is 5.75 Å². The maximum atomic E-state index is 11.7. The van der Waals surface area contributed by atoms with Gasteiger partial charge in [-0.1, -0.05) is 57.6 Å². The number of unbranched alkanes of at least 4 members (excludes halogenated alkanes) is 6. The van der Waals surface area contributed by atoms with Crippen LogP contribution >= 0.6 is 7.82 Å². The molecule has 0 aliphatic carbocycles. The van der Waals surface area contributed by atoms with E-state index in [4.69, 9.17) is 14.7 Å². The third kappa shape index (κ3) is 10.6. The van der Waals surface area contributed by atoms with Crippen LogP contribution in [0.15, 0.2) is 24.3 Å². The van der Waals surface area contributed by atoms with Crippen molar-refractivity contribution in [2.45, 2.75) is 64.4 Å². The van der Waals surface area contributed by atoms with Crippen LogP contribution in [0, 0.1) is 0 Å². The highest BCUT2D eigenvalue weighted by Crippen LogP contribution is 2.43. The number of rotatable bonds is 14. The van der Waals surface area contributed by atoms with Gasteiger partial charge in [0.05, 0.1) is 13.2 Å². The molecule has 0 aliphatic heterocycles. The van der Waals surface area contributed by atoms with Gasteiger partial charge in [0.25, 0.3) is 0 Å². The first-order chi connectivity index (χ1) is 12.0. The van der Waals surface area contributed by atoms with Gasteiger partial charge in [-0.3, -0.25) is 9.42 Å². The Balaban J connectivity index is 2.29. The molecule has 0 radical (unpaired) electrons.